The fraction of sp³-hybridized carbons (Fsp3) is 0.188. The van der Waals surface area contributed by atoms with Gasteiger partial charge in [0.1, 0.15) is 0 Å². The van der Waals surface area contributed by atoms with Crippen LogP contribution >= 0.6 is 23.4 Å². The number of benzene rings is 2. The molecule has 0 fully saturated rings. The van der Waals surface area contributed by atoms with Crippen molar-refractivity contribution in [1.82, 2.24) is 0 Å². The minimum absolute atomic E-state index is 0.150. The molecule has 2 rings (SSSR count). The Hall–Kier alpha value is -1.45. The first-order chi connectivity index (χ1) is 9.45. The average Bonchev–Trinajstić information content (AvgIpc) is 2.36. The molecule has 104 valence electrons. The van der Waals surface area contributed by atoms with E-state index in [-0.39, 0.29) is 10.6 Å². The first kappa shape index (κ1) is 14.9. The fourth-order valence-electron chi connectivity index (χ4n) is 2.08. The molecule has 0 aromatic heterocycles. The molecule has 0 amide bonds. The van der Waals surface area contributed by atoms with Crippen molar-refractivity contribution < 1.29 is 9.90 Å². The highest BCUT2D eigenvalue weighted by Gasteiger charge is 2.09. The normalized spacial score (nSPS) is 10.6. The molecule has 0 unspecified atom stereocenters. The SMILES string of the molecule is Cc1cc(C)cc(CSc2ccc(Cl)c(C(=O)O)c2)c1. The molecule has 0 radical (unpaired) electrons. The Balaban J connectivity index is 2.14. The lowest BCUT2D eigenvalue weighted by atomic mass is 10.1. The molecule has 0 aliphatic rings. The number of aryl methyl sites for hydroxylation is 2. The van der Waals surface area contributed by atoms with E-state index in [2.05, 4.69) is 32.0 Å². The van der Waals surface area contributed by atoms with Crippen LogP contribution in [0.25, 0.3) is 0 Å². The van der Waals surface area contributed by atoms with Gasteiger partial charge in [-0.1, -0.05) is 40.9 Å². The highest BCUT2D eigenvalue weighted by Crippen LogP contribution is 2.27. The van der Waals surface area contributed by atoms with Gasteiger partial charge >= 0.3 is 5.97 Å². The molecular formula is C16H15ClO2S. The van der Waals surface area contributed by atoms with Crippen LogP contribution in [0.2, 0.25) is 5.02 Å². The van der Waals surface area contributed by atoms with Crippen molar-refractivity contribution in [3.05, 3.63) is 63.7 Å². The summed E-state index contributed by atoms with van der Waals surface area (Å²) in [5, 5.41) is 9.33. The monoisotopic (exact) mass is 306 g/mol. The van der Waals surface area contributed by atoms with Crippen LogP contribution in [0.3, 0.4) is 0 Å². The Morgan fingerprint density at radius 1 is 1.15 bits per heavy atom. The second-order valence-corrected chi connectivity index (χ2v) is 6.19. The summed E-state index contributed by atoms with van der Waals surface area (Å²) in [5.74, 6) is -0.188. The number of rotatable bonds is 4. The summed E-state index contributed by atoms with van der Waals surface area (Å²) in [6.45, 7) is 4.15. The van der Waals surface area contributed by atoms with Crippen LogP contribution in [0.15, 0.2) is 41.3 Å². The van der Waals surface area contributed by atoms with Gasteiger partial charge in [-0.25, -0.2) is 4.79 Å². The van der Waals surface area contributed by atoms with E-state index in [0.29, 0.717) is 0 Å². The molecule has 20 heavy (non-hydrogen) atoms. The quantitative estimate of drug-likeness (QED) is 0.812. The average molecular weight is 307 g/mol. The van der Waals surface area contributed by atoms with Crippen LogP contribution in [0.5, 0.6) is 0 Å². The van der Waals surface area contributed by atoms with Crippen molar-refractivity contribution in [2.45, 2.75) is 24.5 Å². The summed E-state index contributed by atoms with van der Waals surface area (Å²) < 4.78 is 0. The van der Waals surface area contributed by atoms with E-state index < -0.39 is 5.97 Å². The van der Waals surface area contributed by atoms with E-state index in [1.807, 2.05) is 6.07 Å². The maximum absolute atomic E-state index is 11.0. The highest BCUT2D eigenvalue weighted by atomic mass is 35.5. The first-order valence-electron chi connectivity index (χ1n) is 6.18. The fourth-order valence-corrected chi connectivity index (χ4v) is 3.14. The lowest BCUT2D eigenvalue weighted by Gasteiger charge is -2.06. The zero-order valence-corrected chi connectivity index (χ0v) is 12.9. The number of hydrogen-bond donors (Lipinski definition) is 1. The number of halogens is 1. The Labute approximate surface area is 127 Å². The minimum atomic E-state index is -0.996. The molecule has 0 heterocycles. The van der Waals surface area contributed by atoms with Gasteiger partial charge in [-0.05, 0) is 37.6 Å². The van der Waals surface area contributed by atoms with Crippen molar-refractivity contribution >= 4 is 29.3 Å². The standard InChI is InChI=1S/C16H15ClO2S/c1-10-5-11(2)7-12(6-10)9-20-13-3-4-15(17)14(8-13)16(18)19/h3-8H,9H2,1-2H3,(H,18,19). The molecule has 0 saturated carbocycles. The second kappa shape index (κ2) is 6.33. The van der Waals surface area contributed by atoms with E-state index in [4.69, 9.17) is 16.7 Å². The van der Waals surface area contributed by atoms with Crippen LogP contribution in [0.1, 0.15) is 27.0 Å². The third-order valence-corrected chi connectivity index (χ3v) is 4.25. The van der Waals surface area contributed by atoms with Crippen LogP contribution < -0.4 is 0 Å². The van der Waals surface area contributed by atoms with E-state index in [0.717, 1.165) is 10.6 Å². The Bertz CT molecular complexity index is 633. The third kappa shape index (κ3) is 3.78. The van der Waals surface area contributed by atoms with Crippen molar-refractivity contribution in [2.24, 2.45) is 0 Å². The second-order valence-electron chi connectivity index (χ2n) is 4.73. The van der Waals surface area contributed by atoms with E-state index in [1.165, 1.54) is 16.7 Å². The molecule has 1 N–H and O–H groups in total. The summed E-state index contributed by atoms with van der Waals surface area (Å²) in [5.41, 5.74) is 3.86. The Kier molecular flexibility index (Phi) is 4.73. The Morgan fingerprint density at radius 3 is 2.40 bits per heavy atom. The van der Waals surface area contributed by atoms with Crippen LogP contribution in [-0.2, 0) is 5.75 Å². The number of carboxylic acids is 1. The summed E-state index contributed by atoms with van der Waals surface area (Å²) in [6.07, 6.45) is 0. The molecule has 2 aromatic rings. The van der Waals surface area contributed by atoms with E-state index in [9.17, 15) is 4.79 Å². The predicted molar refractivity (Wildman–Crippen MR) is 83.9 cm³/mol. The topological polar surface area (TPSA) is 37.3 Å². The van der Waals surface area contributed by atoms with Crippen molar-refractivity contribution in [3.8, 4) is 0 Å². The number of carboxylic acid groups (broad SMARTS) is 1. The van der Waals surface area contributed by atoms with Crippen molar-refractivity contribution in [3.63, 3.8) is 0 Å². The third-order valence-electron chi connectivity index (χ3n) is 2.86. The number of carbonyl (C=O) groups is 1. The van der Waals surface area contributed by atoms with Gasteiger partial charge in [0, 0.05) is 10.6 Å². The van der Waals surface area contributed by atoms with Gasteiger partial charge in [0.25, 0.3) is 0 Å². The first-order valence-corrected chi connectivity index (χ1v) is 7.55. The molecule has 0 aliphatic heterocycles. The van der Waals surface area contributed by atoms with E-state index >= 15 is 0 Å². The molecule has 4 heteroatoms. The summed E-state index contributed by atoms with van der Waals surface area (Å²) in [4.78, 5) is 12.0. The van der Waals surface area contributed by atoms with Gasteiger partial charge in [-0.2, -0.15) is 0 Å². The van der Waals surface area contributed by atoms with Crippen LogP contribution in [0.4, 0.5) is 0 Å². The molecule has 2 nitrogen and oxygen atoms in total. The van der Waals surface area contributed by atoms with Crippen LogP contribution in [0, 0.1) is 13.8 Å². The van der Waals surface area contributed by atoms with Crippen molar-refractivity contribution in [2.75, 3.05) is 0 Å². The zero-order valence-electron chi connectivity index (χ0n) is 11.3. The number of aromatic carboxylic acids is 1. The predicted octanol–water partition coefficient (Wildman–Crippen LogP) is 4.95. The molecule has 0 saturated heterocycles. The van der Waals surface area contributed by atoms with Crippen molar-refractivity contribution in [1.29, 1.82) is 0 Å². The lowest BCUT2D eigenvalue weighted by Crippen LogP contribution is -1.97. The largest absolute Gasteiger partial charge is 0.478 e. The molecular weight excluding hydrogens is 292 g/mol. The minimum Gasteiger partial charge on any atom is -0.478 e. The number of hydrogen-bond acceptors (Lipinski definition) is 2. The highest BCUT2D eigenvalue weighted by molar-refractivity contribution is 7.98. The van der Waals surface area contributed by atoms with Gasteiger partial charge in [0.15, 0.2) is 0 Å². The van der Waals surface area contributed by atoms with Gasteiger partial charge in [-0.15, -0.1) is 11.8 Å². The molecule has 0 atom stereocenters. The number of thioether (sulfide) groups is 1. The van der Waals surface area contributed by atoms with Crippen LogP contribution in [-0.4, -0.2) is 11.1 Å². The molecule has 2 aromatic carbocycles. The summed E-state index contributed by atoms with van der Waals surface area (Å²) in [6, 6.07) is 11.5. The zero-order chi connectivity index (χ0) is 14.7. The maximum atomic E-state index is 11.0. The van der Waals surface area contributed by atoms with Gasteiger partial charge in [0.2, 0.25) is 0 Å². The van der Waals surface area contributed by atoms with Gasteiger partial charge in [0.05, 0.1) is 10.6 Å². The summed E-state index contributed by atoms with van der Waals surface area (Å²) >= 11 is 7.47. The van der Waals surface area contributed by atoms with Gasteiger partial charge < -0.3 is 5.11 Å². The lowest BCUT2D eigenvalue weighted by molar-refractivity contribution is 0.0697. The summed E-state index contributed by atoms with van der Waals surface area (Å²) in [7, 11) is 0. The Morgan fingerprint density at radius 2 is 1.80 bits per heavy atom. The maximum Gasteiger partial charge on any atom is 0.337 e. The smallest absolute Gasteiger partial charge is 0.337 e. The molecule has 0 aliphatic carbocycles. The molecule has 0 bridgehead atoms. The van der Waals surface area contributed by atoms with Gasteiger partial charge in [-0.3, -0.25) is 0 Å². The molecule has 0 spiro atoms. The van der Waals surface area contributed by atoms with E-state index in [1.54, 1.807) is 23.9 Å².